The molecule has 0 heterocycles. The van der Waals surface area contributed by atoms with Crippen LogP contribution in [0.3, 0.4) is 0 Å². The lowest BCUT2D eigenvalue weighted by molar-refractivity contribution is -0.139. The summed E-state index contributed by atoms with van der Waals surface area (Å²) in [7, 11) is 0. The van der Waals surface area contributed by atoms with Gasteiger partial charge in [-0.2, -0.15) is 12.6 Å². The van der Waals surface area contributed by atoms with Crippen molar-refractivity contribution < 1.29 is 14.3 Å². The van der Waals surface area contributed by atoms with Gasteiger partial charge in [-0.25, -0.2) is 4.39 Å². The molecule has 0 saturated heterocycles. The monoisotopic (exact) mass is 309 g/mol. The Balaban J connectivity index is -0.000000980. The normalized spacial score (nSPS) is 12.2. The standard InChI is InChI=1S/C8H16FN3O2S.2ClH/c9-5-7(10)12-3-2-11-6(1-4-15)8(13)14;;/h6,11,15H,1-5H2,(H2,10,12)(H,13,14);2*1H/t6-;;/m0../s1. The molecule has 0 radical (unpaired) electrons. The first kappa shape index (κ1) is 22.0. The van der Waals surface area contributed by atoms with Gasteiger partial charge in [0.15, 0.2) is 0 Å². The number of carboxylic acids is 1. The molecule has 0 rings (SSSR count). The van der Waals surface area contributed by atoms with Gasteiger partial charge in [0.2, 0.25) is 0 Å². The van der Waals surface area contributed by atoms with E-state index >= 15 is 0 Å². The van der Waals surface area contributed by atoms with Crippen LogP contribution >= 0.6 is 37.4 Å². The molecule has 9 heteroatoms. The minimum atomic E-state index is -0.925. The highest BCUT2D eigenvalue weighted by molar-refractivity contribution is 7.80. The van der Waals surface area contributed by atoms with Crippen LogP contribution in [0.15, 0.2) is 4.99 Å². The number of nitrogens with one attached hydrogen (secondary N) is 1. The Morgan fingerprint density at radius 3 is 2.53 bits per heavy atom. The number of carboxylic acid groups (broad SMARTS) is 1. The van der Waals surface area contributed by atoms with Gasteiger partial charge in [0.1, 0.15) is 18.6 Å². The molecule has 5 nitrogen and oxygen atoms in total. The Morgan fingerprint density at radius 1 is 1.53 bits per heavy atom. The quantitative estimate of drug-likeness (QED) is 0.228. The Bertz CT molecular complexity index is 235. The van der Waals surface area contributed by atoms with Crippen LogP contribution in [0.2, 0.25) is 0 Å². The number of aliphatic carboxylic acids is 1. The van der Waals surface area contributed by atoms with E-state index < -0.39 is 18.7 Å². The summed E-state index contributed by atoms with van der Waals surface area (Å²) >= 11 is 3.95. The maximum Gasteiger partial charge on any atom is 0.320 e. The number of hydrogen-bond acceptors (Lipinski definition) is 4. The Kier molecular flexibility index (Phi) is 17.9. The summed E-state index contributed by atoms with van der Waals surface area (Å²) in [5.74, 6) is -0.510. The molecule has 0 aliphatic carbocycles. The number of thiol groups is 1. The molecule has 0 aromatic heterocycles. The lowest BCUT2D eigenvalue weighted by atomic mass is 10.2. The van der Waals surface area contributed by atoms with Crippen molar-refractivity contribution in [3.8, 4) is 0 Å². The number of rotatable bonds is 8. The van der Waals surface area contributed by atoms with Crippen molar-refractivity contribution in [1.82, 2.24) is 5.32 Å². The highest BCUT2D eigenvalue weighted by Gasteiger charge is 2.14. The van der Waals surface area contributed by atoms with Crippen LogP contribution in [0.25, 0.3) is 0 Å². The first-order valence-electron chi connectivity index (χ1n) is 4.53. The van der Waals surface area contributed by atoms with E-state index in [2.05, 4.69) is 22.9 Å². The Morgan fingerprint density at radius 2 is 2.12 bits per heavy atom. The van der Waals surface area contributed by atoms with Crippen LogP contribution in [0, 0.1) is 0 Å². The van der Waals surface area contributed by atoms with Crippen molar-refractivity contribution in [2.24, 2.45) is 10.7 Å². The Labute approximate surface area is 118 Å². The summed E-state index contributed by atoms with van der Waals surface area (Å²) in [4.78, 5) is 14.3. The van der Waals surface area contributed by atoms with Crippen molar-refractivity contribution >= 4 is 49.2 Å². The fourth-order valence-corrected chi connectivity index (χ4v) is 1.18. The van der Waals surface area contributed by atoms with E-state index in [1.54, 1.807) is 0 Å². The fraction of sp³-hybridized carbons (Fsp3) is 0.750. The third-order valence-corrected chi connectivity index (χ3v) is 1.93. The number of alkyl halides is 1. The van der Waals surface area contributed by atoms with Crippen LogP contribution in [0.1, 0.15) is 6.42 Å². The number of carbonyl (C=O) groups is 1. The van der Waals surface area contributed by atoms with Crippen LogP contribution < -0.4 is 11.1 Å². The molecule has 17 heavy (non-hydrogen) atoms. The van der Waals surface area contributed by atoms with Gasteiger partial charge in [0, 0.05) is 6.54 Å². The number of nitrogens with zero attached hydrogens (tertiary/aromatic N) is 1. The van der Waals surface area contributed by atoms with Gasteiger partial charge < -0.3 is 16.2 Å². The maximum atomic E-state index is 11.8. The lowest BCUT2D eigenvalue weighted by Gasteiger charge is -2.11. The zero-order valence-corrected chi connectivity index (χ0v) is 11.7. The van der Waals surface area contributed by atoms with E-state index in [0.717, 1.165) is 0 Å². The minimum Gasteiger partial charge on any atom is -0.480 e. The smallest absolute Gasteiger partial charge is 0.320 e. The summed E-state index contributed by atoms with van der Waals surface area (Å²) < 4.78 is 11.8. The van der Waals surface area contributed by atoms with E-state index in [0.29, 0.717) is 18.7 Å². The average Bonchev–Trinajstić information content (AvgIpc) is 2.21. The van der Waals surface area contributed by atoms with E-state index in [9.17, 15) is 9.18 Å². The second-order valence-electron chi connectivity index (χ2n) is 2.86. The Hall–Kier alpha value is -0.240. The molecule has 0 aromatic rings. The molecule has 104 valence electrons. The van der Waals surface area contributed by atoms with Gasteiger partial charge in [0.25, 0.3) is 0 Å². The first-order valence-corrected chi connectivity index (χ1v) is 5.16. The topological polar surface area (TPSA) is 87.7 Å². The predicted molar refractivity (Wildman–Crippen MR) is 74.9 cm³/mol. The van der Waals surface area contributed by atoms with Crippen molar-refractivity contribution in [1.29, 1.82) is 0 Å². The second-order valence-corrected chi connectivity index (χ2v) is 3.31. The van der Waals surface area contributed by atoms with Crippen LogP contribution in [0.4, 0.5) is 4.39 Å². The van der Waals surface area contributed by atoms with Gasteiger partial charge in [-0.3, -0.25) is 9.79 Å². The van der Waals surface area contributed by atoms with Crippen molar-refractivity contribution in [3.05, 3.63) is 0 Å². The van der Waals surface area contributed by atoms with Crippen LogP contribution in [-0.4, -0.2) is 48.5 Å². The summed E-state index contributed by atoms with van der Waals surface area (Å²) in [5, 5.41) is 11.5. The second kappa shape index (κ2) is 13.8. The minimum absolute atomic E-state index is 0. The van der Waals surface area contributed by atoms with Gasteiger partial charge >= 0.3 is 5.97 Å². The molecule has 0 fully saturated rings. The molecule has 0 aliphatic heterocycles. The van der Waals surface area contributed by atoms with E-state index in [-0.39, 0.29) is 37.2 Å². The third kappa shape index (κ3) is 12.0. The van der Waals surface area contributed by atoms with Crippen LogP contribution in [-0.2, 0) is 4.79 Å². The van der Waals surface area contributed by atoms with Gasteiger partial charge in [-0.05, 0) is 12.2 Å². The third-order valence-electron chi connectivity index (χ3n) is 1.67. The van der Waals surface area contributed by atoms with Gasteiger partial charge in [0.05, 0.1) is 6.54 Å². The number of aliphatic imine (C=N–C) groups is 1. The number of halogens is 3. The predicted octanol–water partition coefficient (Wildman–Crippen LogP) is 0.519. The van der Waals surface area contributed by atoms with Crippen molar-refractivity contribution in [3.63, 3.8) is 0 Å². The van der Waals surface area contributed by atoms with Gasteiger partial charge in [-0.15, -0.1) is 24.8 Å². The molecule has 0 unspecified atom stereocenters. The summed E-state index contributed by atoms with van der Waals surface area (Å²) in [6.07, 6.45) is 0.431. The van der Waals surface area contributed by atoms with Crippen molar-refractivity contribution in [2.75, 3.05) is 25.5 Å². The summed E-state index contributed by atoms with van der Waals surface area (Å²) in [6, 6.07) is -0.635. The molecule has 0 aliphatic rings. The van der Waals surface area contributed by atoms with E-state index in [1.165, 1.54) is 0 Å². The van der Waals surface area contributed by atoms with Crippen LogP contribution in [0.5, 0.6) is 0 Å². The highest BCUT2D eigenvalue weighted by Crippen LogP contribution is 1.94. The molecule has 0 bridgehead atoms. The number of amidine groups is 1. The van der Waals surface area contributed by atoms with Crippen molar-refractivity contribution in [2.45, 2.75) is 12.5 Å². The van der Waals surface area contributed by atoms with Gasteiger partial charge in [-0.1, -0.05) is 0 Å². The average molecular weight is 310 g/mol. The fourth-order valence-electron chi connectivity index (χ4n) is 0.922. The molecular formula is C8H18Cl2FN3O2S. The molecule has 0 spiro atoms. The zero-order chi connectivity index (χ0) is 11.7. The molecule has 4 N–H and O–H groups in total. The highest BCUT2D eigenvalue weighted by atomic mass is 35.5. The molecular weight excluding hydrogens is 292 g/mol. The molecule has 0 saturated carbocycles. The zero-order valence-electron chi connectivity index (χ0n) is 9.13. The summed E-state index contributed by atoms with van der Waals surface area (Å²) in [6.45, 7) is -0.156. The SMILES string of the molecule is Cl.Cl.NC(CF)=NCCN[C@@H](CCS)C(=O)O. The first-order chi connectivity index (χ1) is 7.11. The summed E-state index contributed by atoms with van der Waals surface area (Å²) in [5.41, 5.74) is 5.13. The van der Waals surface area contributed by atoms with E-state index in [1.807, 2.05) is 0 Å². The number of nitrogens with two attached hydrogens (primary N) is 1. The maximum absolute atomic E-state index is 11.8. The molecule has 0 aromatic carbocycles. The molecule has 1 atom stereocenters. The lowest BCUT2D eigenvalue weighted by Crippen LogP contribution is -2.38. The largest absolute Gasteiger partial charge is 0.480 e. The van der Waals surface area contributed by atoms with E-state index in [4.69, 9.17) is 10.8 Å². The molecule has 0 amide bonds. The number of hydrogen-bond donors (Lipinski definition) is 4.